The Morgan fingerprint density at radius 1 is 0.500 bits per heavy atom. The minimum absolute atomic E-state index is 1.09. The Morgan fingerprint density at radius 2 is 0.938 bits per heavy atom. The molecule has 16 heavy (non-hydrogen) atoms. The fourth-order valence-corrected chi connectivity index (χ4v) is 2.36. The molecule has 1 aliphatic heterocycles. The Kier molecular flexibility index (Phi) is 10.4. The molecule has 96 valence electrons. The van der Waals surface area contributed by atoms with E-state index in [0.29, 0.717) is 0 Å². The molecule has 1 fully saturated rings. The van der Waals surface area contributed by atoms with Crippen LogP contribution in [-0.4, -0.2) is 63.9 Å². The molecule has 1 aliphatic rings. The second kappa shape index (κ2) is 11.7. The lowest BCUT2D eigenvalue weighted by Gasteiger charge is -2.09. The zero-order valence-corrected chi connectivity index (χ0v) is 11.0. The lowest BCUT2D eigenvalue weighted by molar-refractivity contribution is 0.567. The summed E-state index contributed by atoms with van der Waals surface area (Å²) in [5.41, 5.74) is 0. The van der Waals surface area contributed by atoms with Crippen LogP contribution in [0.1, 0.15) is 6.42 Å². The molecule has 0 aromatic rings. The van der Waals surface area contributed by atoms with Crippen molar-refractivity contribution in [2.24, 2.45) is 0 Å². The molecule has 4 N–H and O–H groups in total. The van der Waals surface area contributed by atoms with Gasteiger partial charge in [-0.1, -0.05) is 0 Å². The fourth-order valence-electron chi connectivity index (χ4n) is 1.58. The molecule has 1 heterocycles. The van der Waals surface area contributed by atoms with Crippen molar-refractivity contribution in [2.45, 2.75) is 6.42 Å². The van der Waals surface area contributed by atoms with Crippen molar-refractivity contribution < 1.29 is 0 Å². The molecule has 4 nitrogen and oxygen atoms in total. The van der Waals surface area contributed by atoms with Gasteiger partial charge in [0.2, 0.25) is 0 Å². The summed E-state index contributed by atoms with van der Waals surface area (Å²) in [5.74, 6) is 2.44. The summed E-state index contributed by atoms with van der Waals surface area (Å²) < 4.78 is 0. The van der Waals surface area contributed by atoms with Gasteiger partial charge in [-0.05, 0) is 19.5 Å². The molecule has 0 saturated carbocycles. The van der Waals surface area contributed by atoms with Gasteiger partial charge in [0.15, 0.2) is 0 Å². The van der Waals surface area contributed by atoms with Crippen LogP contribution in [-0.2, 0) is 0 Å². The minimum atomic E-state index is 1.09. The summed E-state index contributed by atoms with van der Waals surface area (Å²) in [6, 6.07) is 0. The summed E-state index contributed by atoms with van der Waals surface area (Å²) >= 11 is 2.02. The van der Waals surface area contributed by atoms with Crippen LogP contribution in [0.15, 0.2) is 0 Å². The normalized spacial score (nSPS) is 24.0. The minimum Gasteiger partial charge on any atom is -0.315 e. The number of hydrogen-bond donors (Lipinski definition) is 4. The molecule has 0 unspecified atom stereocenters. The molecule has 0 aromatic carbocycles. The quantitative estimate of drug-likeness (QED) is 0.463. The van der Waals surface area contributed by atoms with Crippen molar-refractivity contribution in [2.75, 3.05) is 63.9 Å². The van der Waals surface area contributed by atoms with Crippen molar-refractivity contribution in [1.82, 2.24) is 21.3 Å². The van der Waals surface area contributed by atoms with E-state index in [-0.39, 0.29) is 0 Å². The van der Waals surface area contributed by atoms with Gasteiger partial charge in [0.05, 0.1) is 0 Å². The largest absolute Gasteiger partial charge is 0.315 e. The van der Waals surface area contributed by atoms with Crippen LogP contribution >= 0.6 is 11.8 Å². The second-order valence-electron chi connectivity index (χ2n) is 3.97. The van der Waals surface area contributed by atoms with Gasteiger partial charge in [0.25, 0.3) is 0 Å². The Morgan fingerprint density at radius 3 is 1.44 bits per heavy atom. The van der Waals surface area contributed by atoms with E-state index in [1.165, 1.54) is 17.9 Å². The van der Waals surface area contributed by atoms with Crippen molar-refractivity contribution in [3.8, 4) is 0 Å². The second-order valence-corrected chi connectivity index (χ2v) is 5.19. The van der Waals surface area contributed by atoms with Crippen molar-refractivity contribution in [3.63, 3.8) is 0 Å². The molecule has 0 atom stereocenters. The van der Waals surface area contributed by atoms with Gasteiger partial charge in [0, 0.05) is 50.8 Å². The lowest BCUT2D eigenvalue weighted by atomic mass is 10.4. The van der Waals surface area contributed by atoms with Crippen LogP contribution in [0.3, 0.4) is 0 Å². The van der Waals surface area contributed by atoms with Crippen molar-refractivity contribution in [3.05, 3.63) is 0 Å². The first-order chi connectivity index (χ1) is 8.00. The van der Waals surface area contributed by atoms with Crippen LogP contribution in [0, 0.1) is 0 Å². The summed E-state index contributed by atoms with van der Waals surface area (Å²) in [6.45, 7) is 8.87. The van der Waals surface area contributed by atoms with Gasteiger partial charge in [-0.25, -0.2) is 0 Å². The van der Waals surface area contributed by atoms with Crippen LogP contribution < -0.4 is 21.3 Å². The lowest BCUT2D eigenvalue weighted by Crippen LogP contribution is -2.33. The van der Waals surface area contributed by atoms with E-state index in [1.54, 1.807) is 0 Å². The Bertz CT molecular complexity index is 81.9. The molecular weight excluding hydrogens is 220 g/mol. The van der Waals surface area contributed by atoms with E-state index in [1.807, 2.05) is 11.8 Å². The first kappa shape index (κ1) is 14.3. The Balaban J connectivity index is 2.00. The molecule has 0 aliphatic carbocycles. The number of hydrogen-bond acceptors (Lipinski definition) is 5. The molecule has 0 spiro atoms. The maximum Gasteiger partial charge on any atom is 0.00770 e. The standard InChI is InChI=1S/C11H26N4S/c1-2-12-4-6-14-8-10-16-11-9-15-7-5-13-3-1/h12-15H,1-11H2. The van der Waals surface area contributed by atoms with E-state index in [9.17, 15) is 0 Å². The average Bonchev–Trinajstić information content (AvgIpc) is 2.29. The summed E-state index contributed by atoms with van der Waals surface area (Å²) in [7, 11) is 0. The highest BCUT2D eigenvalue weighted by atomic mass is 32.2. The van der Waals surface area contributed by atoms with Crippen LogP contribution in [0.4, 0.5) is 0 Å². The van der Waals surface area contributed by atoms with Gasteiger partial charge in [-0.2, -0.15) is 11.8 Å². The highest BCUT2D eigenvalue weighted by Gasteiger charge is 1.93. The van der Waals surface area contributed by atoms with E-state index in [4.69, 9.17) is 0 Å². The predicted octanol–water partition coefficient (Wildman–Crippen LogP) is -0.518. The highest BCUT2D eigenvalue weighted by molar-refractivity contribution is 7.99. The van der Waals surface area contributed by atoms with Crippen LogP contribution in [0.25, 0.3) is 0 Å². The topological polar surface area (TPSA) is 48.1 Å². The van der Waals surface area contributed by atoms with Crippen LogP contribution in [0.2, 0.25) is 0 Å². The summed E-state index contributed by atoms with van der Waals surface area (Å²) in [4.78, 5) is 0. The van der Waals surface area contributed by atoms with Crippen molar-refractivity contribution >= 4 is 11.8 Å². The van der Waals surface area contributed by atoms with Gasteiger partial charge >= 0.3 is 0 Å². The van der Waals surface area contributed by atoms with Crippen LogP contribution in [0.5, 0.6) is 0 Å². The first-order valence-corrected chi connectivity index (χ1v) is 7.56. The van der Waals surface area contributed by atoms with E-state index >= 15 is 0 Å². The number of thioether (sulfide) groups is 1. The third-order valence-electron chi connectivity index (χ3n) is 2.51. The molecular formula is C11H26N4S. The summed E-state index contributed by atoms with van der Waals surface area (Å²) in [5, 5.41) is 13.8. The van der Waals surface area contributed by atoms with E-state index < -0.39 is 0 Å². The first-order valence-electron chi connectivity index (χ1n) is 6.41. The molecule has 1 saturated heterocycles. The van der Waals surface area contributed by atoms with E-state index in [0.717, 1.165) is 52.4 Å². The van der Waals surface area contributed by atoms with Gasteiger partial charge in [-0.15, -0.1) is 0 Å². The van der Waals surface area contributed by atoms with Crippen molar-refractivity contribution in [1.29, 1.82) is 0 Å². The smallest absolute Gasteiger partial charge is 0.00770 e. The predicted molar refractivity (Wildman–Crippen MR) is 73.4 cm³/mol. The molecule has 0 aromatic heterocycles. The fraction of sp³-hybridized carbons (Fsp3) is 1.00. The number of rotatable bonds is 0. The molecule has 5 heteroatoms. The third-order valence-corrected chi connectivity index (χ3v) is 3.50. The zero-order chi connectivity index (χ0) is 11.3. The molecule has 0 amide bonds. The molecule has 0 bridgehead atoms. The van der Waals surface area contributed by atoms with E-state index in [2.05, 4.69) is 21.3 Å². The van der Waals surface area contributed by atoms with Gasteiger partial charge in [0.1, 0.15) is 0 Å². The highest BCUT2D eigenvalue weighted by Crippen LogP contribution is 1.95. The Labute approximate surface area is 104 Å². The maximum absolute atomic E-state index is 3.45. The average molecular weight is 246 g/mol. The zero-order valence-electron chi connectivity index (χ0n) is 10.2. The SMILES string of the molecule is C1CNCCNCCSCCNCCNC1. The molecule has 0 radical (unpaired) electrons. The van der Waals surface area contributed by atoms with Gasteiger partial charge < -0.3 is 21.3 Å². The Hall–Kier alpha value is 0.190. The number of nitrogens with one attached hydrogen (secondary N) is 4. The third kappa shape index (κ3) is 9.42. The maximum atomic E-state index is 3.45. The molecule has 1 rings (SSSR count). The van der Waals surface area contributed by atoms with Gasteiger partial charge in [-0.3, -0.25) is 0 Å². The summed E-state index contributed by atoms with van der Waals surface area (Å²) in [6.07, 6.45) is 1.22. The monoisotopic (exact) mass is 246 g/mol.